The van der Waals surface area contributed by atoms with E-state index < -0.39 is 12.0 Å². The Balaban J connectivity index is 1.97. The molecule has 0 unspecified atom stereocenters. The number of esters is 1. The fourth-order valence-electron chi connectivity index (χ4n) is 2.89. The van der Waals surface area contributed by atoms with Gasteiger partial charge in [-0.3, -0.25) is 0 Å². The molecule has 1 aromatic carbocycles. The second-order valence-corrected chi connectivity index (χ2v) is 6.60. The average Bonchev–Trinajstić information content (AvgIpc) is 2.58. The molecule has 1 aliphatic rings. The summed E-state index contributed by atoms with van der Waals surface area (Å²) >= 11 is 1.63. The summed E-state index contributed by atoms with van der Waals surface area (Å²) < 4.78 is 4.77. The number of methoxy groups -OCH3 is 1. The lowest BCUT2D eigenvalue weighted by Crippen LogP contribution is -2.48. The molecule has 0 fully saturated rings. The zero-order valence-corrected chi connectivity index (χ0v) is 14.4. The van der Waals surface area contributed by atoms with Crippen molar-refractivity contribution in [3.8, 4) is 0 Å². The van der Waals surface area contributed by atoms with Crippen LogP contribution < -0.4 is 10.6 Å². The Morgan fingerprint density at radius 3 is 2.91 bits per heavy atom. The first-order valence-electron chi connectivity index (χ1n) is 7.87. The second kappa shape index (κ2) is 8.82. The normalized spacial score (nSPS) is 17.7. The number of carbonyl (C=O) groups excluding carboxylic acids is 2. The summed E-state index contributed by atoms with van der Waals surface area (Å²) in [6, 6.07) is 7.26. The number of ether oxygens (including phenoxy) is 1. The number of amides is 2. The van der Waals surface area contributed by atoms with E-state index in [0.29, 0.717) is 6.42 Å². The van der Waals surface area contributed by atoms with Gasteiger partial charge in [-0.2, -0.15) is 11.8 Å². The fourth-order valence-corrected chi connectivity index (χ4v) is 3.36. The number of hydrogen-bond acceptors (Lipinski definition) is 4. The lowest BCUT2D eigenvalue weighted by atomic mass is 9.88. The number of fused-ring (bicyclic) bond motifs is 1. The Bertz CT molecular complexity index is 550. The van der Waals surface area contributed by atoms with Gasteiger partial charge in [0.15, 0.2) is 0 Å². The molecule has 0 aromatic heterocycles. The molecule has 0 saturated heterocycles. The maximum absolute atomic E-state index is 12.3. The number of carbonyl (C=O) groups is 2. The van der Waals surface area contributed by atoms with Crippen molar-refractivity contribution in [2.24, 2.45) is 0 Å². The van der Waals surface area contributed by atoms with Crippen molar-refractivity contribution in [1.29, 1.82) is 0 Å². The molecule has 5 nitrogen and oxygen atoms in total. The third kappa shape index (κ3) is 4.89. The molecule has 0 heterocycles. The lowest BCUT2D eigenvalue weighted by Gasteiger charge is -2.27. The van der Waals surface area contributed by atoms with Crippen LogP contribution in [0, 0.1) is 0 Å². The minimum atomic E-state index is -0.605. The topological polar surface area (TPSA) is 67.4 Å². The summed E-state index contributed by atoms with van der Waals surface area (Å²) in [5.74, 6) is 0.380. The van der Waals surface area contributed by atoms with Crippen LogP contribution >= 0.6 is 11.8 Å². The van der Waals surface area contributed by atoms with Crippen molar-refractivity contribution >= 4 is 23.8 Å². The average molecular weight is 336 g/mol. The van der Waals surface area contributed by atoms with E-state index in [4.69, 9.17) is 4.74 Å². The second-order valence-electron chi connectivity index (χ2n) is 5.62. The summed E-state index contributed by atoms with van der Waals surface area (Å²) in [6.45, 7) is 0. The van der Waals surface area contributed by atoms with E-state index in [2.05, 4.69) is 22.8 Å². The summed E-state index contributed by atoms with van der Waals surface area (Å²) in [7, 11) is 1.34. The summed E-state index contributed by atoms with van der Waals surface area (Å²) in [6.07, 6.45) is 5.54. The summed E-state index contributed by atoms with van der Waals surface area (Å²) in [5.41, 5.74) is 2.46. The Morgan fingerprint density at radius 2 is 2.17 bits per heavy atom. The summed E-state index contributed by atoms with van der Waals surface area (Å²) in [4.78, 5) is 24.0. The van der Waals surface area contributed by atoms with Crippen LogP contribution in [0.3, 0.4) is 0 Å². The number of benzene rings is 1. The number of urea groups is 1. The highest BCUT2D eigenvalue weighted by Crippen LogP contribution is 2.29. The van der Waals surface area contributed by atoms with E-state index in [9.17, 15) is 9.59 Å². The first kappa shape index (κ1) is 17.7. The van der Waals surface area contributed by atoms with Crippen LogP contribution in [0.25, 0.3) is 0 Å². The van der Waals surface area contributed by atoms with Crippen molar-refractivity contribution in [2.45, 2.75) is 37.8 Å². The zero-order valence-electron chi connectivity index (χ0n) is 13.6. The quantitative estimate of drug-likeness (QED) is 0.784. The number of aryl methyl sites for hydroxylation is 1. The molecular weight excluding hydrogens is 312 g/mol. The molecule has 0 spiro atoms. The van der Waals surface area contributed by atoms with Crippen LogP contribution in [0.15, 0.2) is 24.3 Å². The molecular formula is C17H24N2O3S. The van der Waals surface area contributed by atoms with Gasteiger partial charge in [0.1, 0.15) is 6.04 Å². The first-order valence-corrected chi connectivity index (χ1v) is 9.26. The van der Waals surface area contributed by atoms with Crippen LogP contribution in [0.4, 0.5) is 4.79 Å². The van der Waals surface area contributed by atoms with Gasteiger partial charge in [0, 0.05) is 0 Å². The largest absolute Gasteiger partial charge is 0.467 e. The number of rotatable bonds is 6. The van der Waals surface area contributed by atoms with Gasteiger partial charge in [-0.1, -0.05) is 24.3 Å². The van der Waals surface area contributed by atoms with Gasteiger partial charge in [-0.25, -0.2) is 9.59 Å². The van der Waals surface area contributed by atoms with E-state index in [1.807, 2.05) is 18.4 Å². The van der Waals surface area contributed by atoms with E-state index in [1.54, 1.807) is 11.8 Å². The number of thioether (sulfide) groups is 1. The molecule has 0 aliphatic heterocycles. The smallest absolute Gasteiger partial charge is 0.328 e. The van der Waals surface area contributed by atoms with Gasteiger partial charge in [0.2, 0.25) is 0 Å². The highest BCUT2D eigenvalue weighted by Gasteiger charge is 2.25. The van der Waals surface area contributed by atoms with Gasteiger partial charge >= 0.3 is 12.0 Å². The number of hydrogen-bond donors (Lipinski definition) is 2. The van der Waals surface area contributed by atoms with Crippen LogP contribution in [0.5, 0.6) is 0 Å². The molecule has 2 rings (SSSR count). The Hall–Kier alpha value is -1.69. The molecule has 126 valence electrons. The molecule has 0 radical (unpaired) electrons. The minimum absolute atomic E-state index is 0.00111. The van der Waals surface area contributed by atoms with Crippen molar-refractivity contribution in [3.05, 3.63) is 35.4 Å². The van der Waals surface area contributed by atoms with Crippen molar-refractivity contribution in [1.82, 2.24) is 10.6 Å². The van der Waals surface area contributed by atoms with Crippen LogP contribution in [0.1, 0.15) is 36.4 Å². The van der Waals surface area contributed by atoms with Crippen molar-refractivity contribution in [2.75, 3.05) is 19.1 Å². The standard InChI is InChI=1S/C17H24N2O3S/c1-22-16(20)15(10-11-23-2)19-17(21)18-14-9-5-7-12-6-3-4-8-13(12)14/h3-4,6,8,14-15H,5,7,9-11H2,1-2H3,(H2,18,19,21)/t14-,15-/m0/s1. The monoisotopic (exact) mass is 336 g/mol. The minimum Gasteiger partial charge on any atom is -0.467 e. The Morgan fingerprint density at radius 1 is 1.39 bits per heavy atom. The van der Waals surface area contributed by atoms with E-state index in [-0.39, 0.29) is 12.1 Å². The van der Waals surface area contributed by atoms with Gasteiger partial charge in [0.25, 0.3) is 0 Å². The molecule has 2 amide bonds. The predicted octanol–water partition coefficient (Wildman–Crippen LogP) is 2.66. The molecule has 6 heteroatoms. The third-order valence-electron chi connectivity index (χ3n) is 4.08. The van der Waals surface area contributed by atoms with Gasteiger partial charge < -0.3 is 15.4 Å². The van der Waals surface area contributed by atoms with E-state index >= 15 is 0 Å². The molecule has 2 atom stereocenters. The SMILES string of the molecule is COC(=O)[C@H](CCSC)NC(=O)N[C@H]1CCCc2ccccc21. The molecule has 1 aromatic rings. The van der Waals surface area contributed by atoms with Gasteiger partial charge in [-0.05, 0) is 48.8 Å². The maximum atomic E-state index is 12.3. The molecule has 1 aliphatic carbocycles. The van der Waals surface area contributed by atoms with E-state index in [0.717, 1.165) is 25.0 Å². The highest BCUT2D eigenvalue weighted by atomic mass is 32.2. The highest BCUT2D eigenvalue weighted by molar-refractivity contribution is 7.98. The molecule has 23 heavy (non-hydrogen) atoms. The lowest BCUT2D eigenvalue weighted by molar-refractivity contribution is -0.142. The Kier molecular flexibility index (Phi) is 6.77. The summed E-state index contributed by atoms with van der Waals surface area (Å²) in [5, 5.41) is 5.74. The van der Waals surface area contributed by atoms with Gasteiger partial charge in [0.05, 0.1) is 13.2 Å². The maximum Gasteiger partial charge on any atom is 0.328 e. The predicted molar refractivity (Wildman–Crippen MR) is 92.6 cm³/mol. The van der Waals surface area contributed by atoms with Crippen molar-refractivity contribution < 1.29 is 14.3 Å². The van der Waals surface area contributed by atoms with Crippen LogP contribution in [0.2, 0.25) is 0 Å². The van der Waals surface area contributed by atoms with Crippen LogP contribution in [-0.4, -0.2) is 37.2 Å². The zero-order chi connectivity index (χ0) is 16.7. The van der Waals surface area contributed by atoms with Crippen LogP contribution in [-0.2, 0) is 16.0 Å². The molecule has 2 N–H and O–H groups in total. The third-order valence-corrected chi connectivity index (χ3v) is 4.72. The Labute approximate surface area is 141 Å². The fraction of sp³-hybridized carbons (Fsp3) is 0.529. The molecule has 0 bridgehead atoms. The first-order chi connectivity index (χ1) is 11.2. The molecule has 0 saturated carbocycles. The van der Waals surface area contributed by atoms with Gasteiger partial charge in [-0.15, -0.1) is 0 Å². The number of nitrogens with one attached hydrogen (secondary N) is 2. The van der Waals surface area contributed by atoms with Crippen molar-refractivity contribution in [3.63, 3.8) is 0 Å². The van der Waals surface area contributed by atoms with E-state index in [1.165, 1.54) is 18.2 Å².